The lowest BCUT2D eigenvalue weighted by molar-refractivity contribution is -0.143. The lowest BCUT2D eigenvalue weighted by Gasteiger charge is -2.24. The minimum atomic E-state index is -4.15. The highest BCUT2D eigenvalue weighted by Gasteiger charge is 2.44. The van der Waals surface area contributed by atoms with Crippen molar-refractivity contribution in [3.8, 4) is 0 Å². The molecule has 2 atom stereocenters. The van der Waals surface area contributed by atoms with Crippen molar-refractivity contribution >= 4 is 5.91 Å². The first-order chi connectivity index (χ1) is 9.18. The lowest BCUT2D eigenvalue weighted by Crippen LogP contribution is -2.54. The van der Waals surface area contributed by atoms with E-state index in [2.05, 4.69) is 5.32 Å². The molecule has 0 aromatic heterocycles. The normalized spacial score (nSPS) is 27.4. The molecule has 7 heteroatoms. The van der Waals surface area contributed by atoms with Gasteiger partial charge in [-0.1, -0.05) is 0 Å². The number of hydrogen-bond acceptors (Lipinski definition) is 3. The van der Waals surface area contributed by atoms with E-state index in [9.17, 15) is 18.0 Å². The molecule has 1 heterocycles. The Morgan fingerprint density at radius 3 is 2.55 bits per heavy atom. The number of alkyl halides is 3. The van der Waals surface area contributed by atoms with E-state index in [1.165, 1.54) is 4.90 Å². The molecule has 3 N–H and O–H groups in total. The summed E-state index contributed by atoms with van der Waals surface area (Å²) in [5.41, 5.74) is 5.15. The number of halogens is 3. The predicted molar refractivity (Wildman–Crippen MR) is 68.9 cm³/mol. The van der Waals surface area contributed by atoms with Crippen molar-refractivity contribution in [3.63, 3.8) is 0 Å². The fraction of sp³-hybridized carbons (Fsp3) is 0.923. The van der Waals surface area contributed by atoms with E-state index in [0.717, 1.165) is 12.8 Å². The van der Waals surface area contributed by atoms with Crippen LogP contribution in [0.15, 0.2) is 0 Å². The zero-order chi connectivity index (χ0) is 15.0. The summed E-state index contributed by atoms with van der Waals surface area (Å²) in [6, 6.07) is 0. The van der Waals surface area contributed by atoms with Crippen LogP contribution in [0, 0.1) is 11.8 Å². The van der Waals surface area contributed by atoms with Crippen molar-refractivity contribution < 1.29 is 18.0 Å². The van der Waals surface area contributed by atoms with E-state index >= 15 is 0 Å². The molecular formula is C13H22F3N3O. The number of carbonyl (C=O) groups excluding carboxylic acids is 1. The second-order valence-electron chi connectivity index (χ2n) is 6.27. The van der Waals surface area contributed by atoms with Crippen molar-refractivity contribution in [1.29, 1.82) is 0 Å². The molecule has 2 aliphatic rings. The summed E-state index contributed by atoms with van der Waals surface area (Å²) in [7, 11) is 0. The number of nitrogens with zero attached hydrogens (tertiary/aromatic N) is 1. The third-order valence-corrected chi connectivity index (χ3v) is 4.24. The Bertz CT molecular complexity index is 366. The van der Waals surface area contributed by atoms with Gasteiger partial charge in [0.25, 0.3) is 0 Å². The Morgan fingerprint density at radius 1 is 1.35 bits per heavy atom. The fourth-order valence-corrected chi connectivity index (χ4v) is 2.77. The molecule has 1 saturated heterocycles. The SMILES string of the molecule is CC(N)(C(=O)NCC1CCN(CC(F)(F)F)C1)C1CC1. The molecule has 2 rings (SSSR count). The molecule has 1 aliphatic heterocycles. The van der Waals surface area contributed by atoms with Crippen LogP contribution in [0.4, 0.5) is 13.2 Å². The molecule has 20 heavy (non-hydrogen) atoms. The van der Waals surface area contributed by atoms with Crippen LogP contribution in [0.25, 0.3) is 0 Å². The largest absolute Gasteiger partial charge is 0.401 e. The van der Waals surface area contributed by atoms with Crippen LogP contribution in [-0.4, -0.2) is 48.7 Å². The van der Waals surface area contributed by atoms with Gasteiger partial charge in [0.15, 0.2) is 0 Å². The van der Waals surface area contributed by atoms with E-state index in [-0.39, 0.29) is 17.7 Å². The zero-order valence-corrected chi connectivity index (χ0v) is 11.7. The van der Waals surface area contributed by atoms with Gasteiger partial charge in [0, 0.05) is 13.1 Å². The topological polar surface area (TPSA) is 58.4 Å². The number of amides is 1. The van der Waals surface area contributed by atoms with Gasteiger partial charge in [-0.25, -0.2) is 0 Å². The van der Waals surface area contributed by atoms with Crippen LogP contribution in [0.2, 0.25) is 0 Å². The third kappa shape index (κ3) is 4.09. The van der Waals surface area contributed by atoms with Crippen LogP contribution >= 0.6 is 0 Å². The van der Waals surface area contributed by atoms with Crippen molar-refractivity contribution in [1.82, 2.24) is 10.2 Å². The van der Waals surface area contributed by atoms with E-state index in [0.29, 0.717) is 26.1 Å². The first-order valence-electron chi connectivity index (χ1n) is 7.05. The molecule has 4 nitrogen and oxygen atoms in total. The van der Waals surface area contributed by atoms with Gasteiger partial charge in [0.05, 0.1) is 12.1 Å². The summed E-state index contributed by atoms with van der Waals surface area (Å²) in [5, 5.41) is 2.80. The molecule has 0 spiro atoms. The lowest BCUT2D eigenvalue weighted by atomic mass is 9.96. The summed E-state index contributed by atoms with van der Waals surface area (Å²) in [6.45, 7) is 2.08. The first-order valence-corrected chi connectivity index (χ1v) is 7.05. The van der Waals surface area contributed by atoms with Gasteiger partial charge < -0.3 is 11.1 Å². The molecule has 116 valence electrons. The zero-order valence-electron chi connectivity index (χ0n) is 11.7. The van der Waals surface area contributed by atoms with E-state index in [4.69, 9.17) is 5.73 Å². The van der Waals surface area contributed by atoms with Gasteiger partial charge in [-0.05, 0) is 44.6 Å². The van der Waals surface area contributed by atoms with Crippen LogP contribution in [-0.2, 0) is 4.79 Å². The van der Waals surface area contributed by atoms with Crippen LogP contribution in [0.1, 0.15) is 26.2 Å². The highest BCUT2D eigenvalue weighted by molar-refractivity contribution is 5.86. The van der Waals surface area contributed by atoms with Crippen molar-refractivity contribution in [3.05, 3.63) is 0 Å². The summed E-state index contributed by atoms with van der Waals surface area (Å²) >= 11 is 0. The number of hydrogen-bond donors (Lipinski definition) is 2. The Balaban J connectivity index is 1.72. The molecule has 0 radical (unpaired) electrons. The van der Waals surface area contributed by atoms with E-state index in [1.807, 2.05) is 0 Å². The maximum atomic E-state index is 12.3. The molecule has 0 aromatic rings. The summed E-state index contributed by atoms with van der Waals surface area (Å²) in [4.78, 5) is 13.4. The van der Waals surface area contributed by atoms with E-state index in [1.54, 1.807) is 6.92 Å². The summed E-state index contributed by atoms with van der Waals surface area (Å²) in [5.74, 6) is 0.137. The molecular weight excluding hydrogens is 271 g/mol. The minimum Gasteiger partial charge on any atom is -0.354 e. The van der Waals surface area contributed by atoms with Crippen molar-refractivity contribution in [2.75, 3.05) is 26.2 Å². The quantitative estimate of drug-likeness (QED) is 0.798. The summed E-state index contributed by atoms with van der Waals surface area (Å²) in [6.07, 6.45) is -1.52. The summed E-state index contributed by atoms with van der Waals surface area (Å²) < 4.78 is 36.8. The maximum absolute atomic E-state index is 12.3. The second kappa shape index (κ2) is 5.52. The van der Waals surface area contributed by atoms with Crippen LogP contribution < -0.4 is 11.1 Å². The Morgan fingerprint density at radius 2 is 2.00 bits per heavy atom. The van der Waals surface area contributed by atoms with Crippen molar-refractivity contribution in [2.24, 2.45) is 17.6 Å². The van der Waals surface area contributed by atoms with Gasteiger partial charge >= 0.3 is 6.18 Å². The molecule has 2 unspecified atom stereocenters. The fourth-order valence-electron chi connectivity index (χ4n) is 2.77. The van der Waals surface area contributed by atoms with Crippen LogP contribution in [0.3, 0.4) is 0 Å². The van der Waals surface area contributed by atoms with E-state index < -0.39 is 18.3 Å². The maximum Gasteiger partial charge on any atom is 0.401 e. The molecule has 1 aliphatic carbocycles. The smallest absolute Gasteiger partial charge is 0.354 e. The predicted octanol–water partition coefficient (Wildman–Crippen LogP) is 1.11. The van der Waals surface area contributed by atoms with Crippen molar-refractivity contribution in [2.45, 2.75) is 37.9 Å². The number of likely N-dealkylation sites (tertiary alicyclic amines) is 1. The third-order valence-electron chi connectivity index (χ3n) is 4.24. The minimum absolute atomic E-state index is 0.0799. The van der Waals surface area contributed by atoms with Gasteiger partial charge in [-0.3, -0.25) is 9.69 Å². The van der Waals surface area contributed by atoms with Gasteiger partial charge in [-0.15, -0.1) is 0 Å². The number of nitrogens with one attached hydrogen (secondary N) is 1. The number of carbonyl (C=O) groups is 1. The van der Waals surface area contributed by atoms with Gasteiger partial charge in [0.1, 0.15) is 0 Å². The van der Waals surface area contributed by atoms with Crippen LogP contribution in [0.5, 0.6) is 0 Å². The standard InChI is InChI=1S/C13H22F3N3O/c1-12(17,10-2-3-10)11(20)18-6-9-4-5-19(7-9)8-13(14,15)16/h9-10H,2-8,17H2,1H3,(H,18,20). The number of nitrogens with two attached hydrogens (primary N) is 1. The number of rotatable bonds is 5. The highest BCUT2D eigenvalue weighted by atomic mass is 19.4. The Kier molecular flexibility index (Phi) is 4.30. The molecule has 1 saturated carbocycles. The second-order valence-corrected chi connectivity index (χ2v) is 6.27. The Hall–Kier alpha value is -0.820. The highest BCUT2D eigenvalue weighted by Crippen LogP contribution is 2.38. The molecule has 2 fully saturated rings. The Labute approximate surface area is 116 Å². The molecule has 0 aromatic carbocycles. The molecule has 1 amide bonds. The average molecular weight is 293 g/mol. The monoisotopic (exact) mass is 293 g/mol. The first kappa shape index (κ1) is 15.6. The molecule has 0 bridgehead atoms. The average Bonchev–Trinajstić information content (AvgIpc) is 3.08. The van der Waals surface area contributed by atoms with Gasteiger partial charge in [0.2, 0.25) is 5.91 Å². The van der Waals surface area contributed by atoms with Gasteiger partial charge in [-0.2, -0.15) is 13.2 Å².